The predicted octanol–water partition coefficient (Wildman–Crippen LogP) is 3.32. The van der Waals surface area contributed by atoms with E-state index >= 15 is 0 Å². The van der Waals surface area contributed by atoms with Gasteiger partial charge in [0.25, 0.3) is 5.91 Å². The highest BCUT2D eigenvalue weighted by atomic mass is 19.1. The molecule has 114 valence electrons. The highest BCUT2D eigenvalue weighted by Crippen LogP contribution is 2.11. The largest absolute Gasteiger partial charge is 0.449 e. The minimum atomic E-state index is -0.989. The molecular formula is C17H16FNO3. The highest BCUT2D eigenvalue weighted by molar-refractivity contribution is 5.97. The standard InChI is InChI=1S/C17H16FNO3/c1-11-6-8-15(9-7-11)19-16(20)12(2)22-17(21)13-4-3-5-14(18)10-13/h3-10,12H,1-2H3,(H,19,20). The molecule has 1 N–H and O–H groups in total. The summed E-state index contributed by atoms with van der Waals surface area (Å²) in [5, 5.41) is 2.65. The maximum atomic E-state index is 13.1. The molecule has 0 aliphatic carbocycles. The number of nitrogens with one attached hydrogen (secondary N) is 1. The summed E-state index contributed by atoms with van der Waals surface area (Å²) in [4.78, 5) is 23.8. The lowest BCUT2D eigenvalue weighted by atomic mass is 10.2. The third-order valence-corrected chi connectivity index (χ3v) is 3.03. The third kappa shape index (κ3) is 4.15. The molecular weight excluding hydrogens is 285 g/mol. The Kier molecular flexibility index (Phi) is 4.88. The van der Waals surface area contributed by atoms with E-state index in [-0.39, 0.29) is 5.56 Å². The van der Waals surface area contributed by atoms with Crippen LogP contribution in [0.3, 0.4) is 0 Å². The molecule has 0 spiro atoms. The molecule has 0 saturated carbocycles. The highest BCUT2D eigenvalue weighted by Gasteiger charge is 2.19. The zero-order chi connectivity index (χ0) is 16.1. The Hall–Kier alpha value is -2.69. The second-order valence-corrected chi connectivity index (χ2v) is 4.91. The molecule has 0 bridgehead atoms. The first-order valence-corrected chi connectivity index (χ1v) is 6.80. The van der Waals surface area contributed by atoms with E-state index in [0.717, 1.165) is 11.6 Å². The molecule has 2 rings (SSSR count). The van der Waals surface area contributed by atoms with Gasteiger partial charge in [-0.25, -0.2) is 9.18 Å². The summed E-state index contributed by atoms with van der Waals surface area (Å²) in [6.07, 6.45) is -0.989. The first-order chi connectivity index (χ1) is 10.5. The van der Waals surface area contributed by atoms with E-state index in [0.29, 0.717) is 5.69 Å². The molecule has 0 aliphatic rings. The van der Waals surface area contributed by atoms with Crippen LogP contribution in [0.2, 0.25) is 0 Å². The number of aryl methyl sites for hydroxylation is 1. The van der Waals surface area contributed by atoms with Crippen LogP contribution >= 0.6 is 0 Å². The van der Waals surface area contributed by atoms with E-state index in [2.05, 4.69) is 5.32 Å². The van der Waals surface area contributed by atoms with Gasteiger partial charge in [-0.3, -0.25) is 4.79 Å². The molecule has 0 aromatic heterocycles. The van der Waals surface area contributed by atoms with Crippen LogP contribution in [0.1, 0.15) is 22.8 Å². The summed E-state index contributed by atoms with van der Waals surface area (Å²) in [5.74, 6) is -1.73. The maximum Gasteiger partial charge on any atom is 0.339 e. The fraction of sp³-hybridized carbons (Fsp3) is 0.176. The average molecular weight is 301 g/mol. The number of rotatable bonds is 4. The minimum Gasteiger partial charge on any atom is -0.449 e. The van der Waals surface area contributed by atoms with Crippen molar-refractivity contribution in [2.75, 3.05) is 5.32 Å². The molecule has 4 nitrogen and oxygen atoms in total. The van der Waals surface area contributed by atoms with Gasteiger partial charge in [-0.05, 0) is 44.2 Å². The normalized spacial score (nSPS) is 11.6. The maximum absolute atomic E-state index is 13.1. The molecule has 0 aliphatic heterocycles. The zero-order valence-electron chi connectivity index (χ0n) is 12.3. The molecule has 0 saturated heterocycles. The van der Waals surface area contributed by atoms with Crippen molar-refractivity contribution in [3.05, 3.63) is 65.5 Å². The van der Waals surface area contributed by atoms with Crippen LogP contribution in [-0.4, -0.2) is 18.0 Å². The average Bonchev–Trinajstić information content (AvgIpc) is 2.49. The monoisotopic (exact) mass is 301 g/mol. The van der Waals surface area contributed by atoms with Gasteiger partial charge in [0.05, 0.1) is 5.56 Å². The second-order valence-electron chi connectivity index (χ2n) is 4.91. The van der Waals surface area contributed by atoms with Crippen molar-refractivity contribution in [2.24, 2.45) is 0 Å². The Balaban J connectivity index is 1.96. The van der Waals surface area contributed by atoms with Crippen LogP contribution in [0.15, 0.2) is 48.5 Å². The fourth-order valence-electron chi connectivity index (χ4n) is 1.78. The van der Waals surface area contributed by atoms with Crippen molar-refractivity contribution in [2.45, 2.75) is 20.0 Å². The topological polar surface area (TPSA) is 55.4 Å². The summed E-state index contributed by atoms with van der Waals surface area (Å²) in [6, 6.07) is 12.4. The van der Waals surface area contributed by atoms with Crippen molar-refractivity contribution < 1.29 is 18.7 Å². The number of hydrogen-bond donors (Lipinski definition) is 1. The van der Waals surface area contributed by atoms with Crippen LogP contribution in [0.25, 0.3) is 0 Å². The smallest absolute Gasteiger partial charge is 0.339 e. The van der Waals surface area contributed by atoms with Gasteiger partial charge in [-0.2, -0.15) is 0 Å². The number of hydrogen-bond acceptors (Lipinski definition) is 3. The lowest BCUT2D eigenvalue weighted by Crippen LogP contribution is -2.30. The van der Waals surface area contributed by atoms with E-state index in [1.165, 1.54) is 25.1 Å². The van der Waals surface area contributed by atoms with Crippen molar-refractivity contribution in [3.8, 4) is 0 Å². The third-order valence-electron chi connectivity index (χ3n) is 3.03. The van der Waals surface area contributed by atoms with Gasteiger partial charge < -0.3 is 10.1 Å². The summed E-state index contributed by atoms with van der Waals surface area (Å²) >= 11 is 0. The number of ether oxygens (including phenoxy) is 1. The zero-order valence-corrected chi connectivity index (χ0v) is 12.3. The number of benzene rings is 2. The van der Waals surface area contributed by atoms with Crippen molar-refractivity contribution in [1.82, 2.24) is 0 Å². The number of amides is 1. The molecule has 0 heterocycles. The first kappa shape index (κ1) is 15.7. The fourth-order valence-corrected chi connectivity index (χ4v) is 1.78. The van der Waals surface area contributed by atoms with Crippen LogP contribution < -0.4 is 5.32 Å². The quantitative estimate of drug-likeness (QED) is 0.881. The van der Waals surface area contributed by atoms with Crippen LogP contribution in [0, 0.1) is 12.7 Å². The molecule has 1 atom stereocenters. The molecule has 22 heavy (non-hydrogen) atoms. The van der Waals surface area contributed by atoms with E-state index in [1.54, 1.807) is 12.1 Å². The minimum absolute atomic E-state index is 0.0648. The summed E-state index contributed by atoms with van der Waals surface area (Å²) in [5.41, 5.74) is 1.75. The van der Waals surface area contributed by atoms with Crippen molar-refractivity contribution in [3.63, 3.8) is 0 Å². The Morgan fingerprint density at radius 2 is 1.82 bits per heavy atom. The van der Waals surface area contributed by atoms with E-state index in [4.69, 9.17) is 4.74 Å². The summed E-state index contributed by atoms with van der Waals surface area (Å²) in [6.45, 7) is 3.40. The van der Waals surface area contributed by atoms with Gasteiger partial charge in [-0.15, -0.1) is 0 Å². The second kappa shape index (κ2) is 6.85. The van der Waals surface area contributed by atoms with Gasteiger partial charge >= 0.3 is 5.97 Å². The van der Waals surface area contributed by atoms with E-state index < -0.39 is 23.8 Å². The number of halogens is 1. The van der Waals surface area contributed by atoms with Crippen molar-refractivity contribution in [1.29, 1.82) is 0 Å². The number of esters is 1. The number of carbonyl (C=O) groups excluding carboxylic acids is 2. The summed E-state index contributed by atoms with van der Waals surface area (Å²) in [7, 11) is 0. The SMILES string of the molecule is Cc1ccc(NC(=O)C(C)OC(=O)c2cccc(F)c2)cc1. The van der Waals surface area contributed by atoms with Crippen LogP contribution in [0.5, 0.6) is 0 Å². The molecule has 0 fully saturated rings. The van der Waals surface area contributed by atoms with Crippen LogP contribution in [-0.2, 0) is 9.53 Å². The Morgan fingerprint density at radius 1 is 1.14 bits per heavy atom. The molecule has 2 aromatic rings. The number of carbonyl (C=O) groups is 2. The van der Waals surface area contributed by atoms with Gasteiger partial charge in [0.15, 0.2) is 6.10 Å². The lowest BCUT2D eigenvalue weighted by molar-refractivity contribution is -0.123. The Bertz CT molecular complexity index is 683. The molecule has 2 aromatic carbocycles. The van der Waals surface area contributed by atoms with Gasteiger partial charge in [0.2, 0.25) is 0 Å². The lowest BCUT2D eigenvalue weighted by Gasteiger charge is -2.13. The molecule has 0 radical (unpaired) electrons. The van der Waals surface area contributed by atoms with Gasteiger partial charge in [0.1, 0.15) is 5.82 Å². The molecule has 1 amide bonds. The summed E-state index contributed by atoms with van der Waals surface area (Å²) < 4.78 is 18.1. The number of anilines is 1. The Morgan fingerprint density at radius 3 is 2.45 bits per heavy atom. The first-order valence-electron chi connectivity index (χ1n) is 6.80. The van der Waals surface area contributed by atoms with Crippen LogP contribution in [0.4, 0.5) is 10.1 Å². The Labute approximate surface area is 127 Å². The molecule has 5 heteroatoms. The molecule has 1 unspecified atom stereocenters. The van der Waals surface area contributed by atoms with Crippen molar-refractivity contribution >= 4 is 17.6 Å². The van der Waals surface area contributed by atoms with Gasteiger partial charge in [-0.1, -0.05) is 23.8 Å². The predicted molar refractivity (Wildman–Crippen MR) is 81.1 cm³/mol. The van der Waals surface area contributed by atoms with Gasteiger partial charge in [0, 0.05) is 5.69 Å². The van der Waals surface area contributed by atoms with E-state index in [9.17, 15) is 14.0 Å². The van der Waals surface area contributed by atoms with E-state index in [1.807, 2.05) is 19.1 Å².